The molecule has 1 aliphatic rings. The van der Waals surface area contributed by atoms with Crippen LogP contribution in [-0.2, 0) is 16.1 Å². The highest BCUT2D eigenvalue weighted by atomic mass is 19.3. The van der Waals surface area contributed by atoms with Crippen LogP contribution >= 0.6 is 0 Å². The third-order valence-electron chi connectivity index (χ3n) is 4.87. The van der Waals surface area contributed by atoms with Gasteiger partial charge in [-0.15, -0.1) is 10.2 Å². The topological polar surface area (TPSA) is 132 Å². The fraction of sp³-hybridized carbons (Fsp3) is 0.476. The lowest BCUT2D eigenvalue weighted by Crippen LogP contribution is -2.39. The zero-order valence-electron chi connectivity index (χ0n) is 18.1. The van der Waals surface area contributed by atoms with Gasteiger partial charge in [-0.3, -0.25) is 4.79 Å². The molecule has 3 rings (SSSR count). The fourth-order valence-corrected chi connectivity index (χ4v) is 3.30. The minimum absolute atomic E-state index is 0.126. The molecule has 1 aromatic heterocycles. The summed E-state index contributed by atoms with van der Waals surface area (Å²) in [6.07, 6.45) is 2.12. The summed E-state index contributed by atoms with van der Waals surface area (Å²) in [5, 5.41) is 25.4. The van der Waals surface area contributed by atoms with Crippen molar-refractivity contribution in [2.75, 3.05) is 25.0 Å². The molecule has 1 atom stereocenters. The Hall–Kier alpha value is -3.05. The van der Waals surface area contributed by atoms with E-state index in [1.54, 1.807) is 6.92 Å². The van der Waals surface area contributed by atoms with Crippen molar-refractivity contribution in [2.45, 2.75) is 45.9 Å². The van der Waals surface area contributed by atoms with E-state index in [-0.39, 0.29) is 24.1 Å². The van der Waals surface area contributed by atoms with Crippen molar-refractivity contribution in [2.24, 2.45) is 5.73 Å². The lowest BCUT2D eigenvalue weighted by Gasteiger charge is -2.25. The molecular formula is C21H29F2N5O4. The van der Waals surface area contributed by atoms with Gasteiger partial charge in [0, 0.05) is 36.3 Å². The first-order chi connectivity index (χ1) is 15.4. The Morgan fingerprint density at radius 3 is 2.72 bits per heavy atom. The van der Waals surface area contributed by atoms with Crippen LogP contribution in [0.1, 0.15) is 30.9 Å². The van der Waals surface area contributed by atoms with Gasteiger partial charge in [0.05, 0.1) is 6.61 Å². The molecule has 1 saturated heterocycles. The van der Waals surface area contributed by atoms with Gasteiger partial charge in [0.1, 0.15) is 17.2 Å². The molecule has 0 bridgehead atoms. The maximum atomic E-state index is 12.3. The number of rotatable bonds is 8. The first-order valence-electron chi connectivity index (χ1n) is 10.3. The number of nitrogens with two attached hydrogens (primary N) is 1. The summed E-state index contributed by atoms with van der Waals surface area (Å²) in [7, 11) is 0. The molecule has 176 valence electrons. The molecule has 0 aliphatic carbocycles. The first kappa shape index (κ1) is 25.2. The molecule has 9 nitrogen and oxygen atoms in total. The fourth-order valence-electron chi connectivity index (χ4n) is 3.30. The van der Waals surface area contributed by atoms with E-state index in [2.05, 4.69) is 30.3 Å². The number of halogens is 2. The number of aromatic nitrogens is 2. The quantitative estimate of drug-likeness (QED) is 0.445. The Kier molecular flexibility index (Phi) is 10.0. The summed E-state index contributed by atoms with van der Waals surface area (Å²) in [5.41, 5.74) is 8.33. The molecule has 1 aromatic carbocycles. The molecule has 32 heavy (non-hydrogen) atoms. The van der Waals surface area contributed by atoms with Crippen LogP contribution in [-0.4, -0.2) is 54.1 Å². The molecule has 1 unspecified atom stereocenters. The Morgan fingerprint density at radius 2 is 2.19 bits per heavy atom. The van der Waals surface area contributed by atoms with Crippen molar-refractivity contribution in [1.29, 1.82) is 0 Å². The van der Waals surface area contributed by atoms with E-state index in [0.29, 0.717) is 30.2 Å². The predicted octanol–water partition coefficient (Wildman–Crippen LogP) is 2.56. The van der Waals surface area contributed by atoms with Crippen LogP contribution in [0.2, 0.25) is 0 Å². The number of hydrogen-bond donors (Lipinski definition) is 4. The molecule has 0 spiro atoms. The third kappa shape index (κ3) is 6.99. The third-order valence-corrected chi connectivity index (χ3v) is 4.87. The highest BCUT2D eigenvalue weighted by Crippen LogP contribution is 2.35. The van der Waals surface area contributed by atoms with E-state index in [1.807, 2.05) is 6.92 Å². The number of alkyl halides is 2. The molecular weight excluding hydrogens is 424 g/mol. The zero-order chi connectivity index (χ0) is 23.5. The van der Waals surface area contributed by atoms with Crippen LogP contribution < -0.4 is 21.1 Å². The van der Waals surface area contributed by atoms with Crippen molar-refractivity contribution < 1.29 is 28.2 Å². The molecule has 0 radical (unpaired) electrons. The lowest BCUT2D eigenvalue weighted by molar-refractivity contribution is -0.128. The van der Waals surface area contributed by atoms with Gasteiger partial charge in [-0.2, -0.15) is 8.78 Å². The number of phenolic OH excluding ortho intramolecular Hbond substituents is 1. The largest absolute Gasteiger partial charge is 0.507 e. The monoisotopic (exact) mass is 453 g/mol. The minimum Gasteiger partial charge on any atom is -0.507 e. The van der Waals surface area contributed by atoms with Gasteiger partial charge < -0.3 is 30.9 Å². The molecule has 1 fully saturated rings. The highest BCUT2D eigenvalue weighted by Gasteiger charge is 2.20. The van der Waals surface area contributed by atoms with Crippen molar-refractivity contribution in [3.05, 3.63) is 29.3 Å². The van der Waals surface area contributed by atoms with Crippen LogP contribution in [0.15, 0.2) is 18.2 Å². The summed E-state index contributed by atoms with van der Waals surface area (Å²) in [4.78, 5) is 9.18. The van der Waals surface area contributed by atoms with Gasteiger partial charge in [0.25, 0.3) is 6.47 Å². The number of aromatic hydroxyl groups is 1. The maximum absolute atomic E-state index is 12.3. The number of phenols is 1. The molecule has 11 heteroatoms. The van der Waals surface area contributed by atoms with Crippen molar-refractivity contribution in [3.63, 3.8) is 0 Å². The molecule has 5 N–H and O–H groups in total. The van der Waals surface area contributed by atoms with E-state index in [9.17, 15) is 18.7 Å². The first-order valence-corrected chi connectivity index (χ1v) is 10.3. The second kappa shape index (κ2) is 12.7. The van der Waals surface area contributed by atoms with Crippen LogP contribution in [0.25, 0.3) is 11.3 Å². The van der Waals surface area contributed by atoms with E-state index in [4.69, 9.17) is 5.73 Å². The summed E-state index contributed by atoms with van der Waals surface area (Å²) >= 11 is 0. The number of benzene rings is 1. The standard InChI is InChI=1S/C18H23F2N5O2.C3H6O2/c1-10-14(8-21)17(23-11-3-2-6-22-9-11)25-24-16(10)13-5-4-12(7-15(13)26)27-18(19)20;1-2-5-3-4/h4-5,7,11,18,22,26H,2-3,6,8-9,21H2,1H3,(H,23,25);3H,2H2,1H3. The van der Waals surface area contributed by atoms with Crippen LogP contribution in [0.4, 0.5) is 14.6 Å². The van der Waals surface area contributed by atoms with Gasteiger partial charge >= 0.3 is 6.61 Å². The van der Waals surface area contributed by atoms with Crippen LogP contribution in [0.3, 0.4) is 0 Å². The van der Waals surface area contributed by atoms with Gasteiger partial charge in [0.2, 0.25) is 0 Å². The van der Waals surface area contributed by atoms with Gasteiger partial charge in [-0.25, -0.2) is 0 Å². The van der Waals surface area contributed by atoms with Crippen LogP contribution in [0, 0.1) is 6.92 Å². The van der Waals surface area contributed by atoms with E-state index in [1.165, 1.54) is 12.1 Å². The average Bonchev–Trinajstić information content (AvgIpc) is 2.76. The summed E-state index contributed by atoms with van der Waals surface area (Å²) in [6, 6.07) is 4.21. The van der Waals surface area contributed by atoms with Gasteiger partial charge in [-0.1, -0.05) is 0 Å². The van der Waals surface area contributed by atoms with Gasteiger partial charge in [0.15, 0.2) is 5.82 Å². The maximum Gasteiger partial charge on any atom is 0.387 e. The predicted molar refractivity (Wildman–Crippen MR) is 116 cm³/mol. The smallest absolute Gasteiger partial charge is 0.387 e. The number of carbonyl (C=O) groups excluding carboxylic acids is 1. The van der Waals surface area contributed by atoms with Crippen molar-refractivity contribution in [3.8, 4) is 22.8 Å². The second-order valence-corrected chi connectivity index (χ2v) is 7.00. The Labute approximate surface area is 185 Å². The number of ether oxygens (including phenoxy) is 2. The van der Waals surface area contributed by atoms with Gasteiger partial charge in [-0.05, 0) is 50.9 Å². The Bertz CT molecular complexity index is 880. The number of nitrogens with one attached hydrogen (secondary N) is 2. The number of anilines is 1. The molecule has 2 heterocycles. The molecule has 0 saturated carbocycles. The minimum atomic E-state index is -2.96. The van der Waals surface area contributed by atoms with E-state index in [0.717, 1.165) is 43.1 Å². The van der Waals surface area contributed by atoms with Crippen LogP contribution in [0.5, 0.6) is 11.5 Å². The summed E-state index contributed by atoms with van der Waals surface area (Å²) in [6.45, 7) is 3.66. The number of hydrogen-bond acceptors (Lipinski definition) is 9. The summed E-state index contributed by atoms with van der Waals surface area (Å²) < 4.78 is 33.1. The highest BCUT2D eigenvalue weighted by molar-refractivity contribution is 5.72. The number of piperidine rings is 1. The van der Waals surface area contributed by atoms with E-state index >= 15 is 0 Å². The summed E-state index contributed by atoms with van der Waals surface area (Å²) in [5.74, 6) is 0.286. The molecule has 2 aromatic rings. The van der Waals surface area contributed by atoms with E-state index < -0.39 is 6.61 Å². The zero-order valence-corrected chi connectivity index (χ0v) is 18.1. The van der Waals surface area contributed by atoms with Crippen molar-refractivity contribution >= 4 is 12.3 Å². The normalized spacial score (nSPS) is 15.5. The second-order valence-electron chi connectivity index (χ2n) is 7.00. The number of nitrogens with zero attached hydrogens (tertiary/aromatic N) is 2. The SMILES string of the molecule is CCOC=O.Cc1c(-c2ccc(OC(F)F)cc2O)nnc(NC2CCCNC2)c1CN. The number of carbonyl (C=O) groups is 1. The van der Waals surface area contributed by atoms with Crippen molar-refractivity contribution in [1.82, 2.24) is 15.5 Å². The Morgan fingerprint density at radius 1 is 1.41 bits per heavy atom. The average molecular weight is 453 g/mol. The molecule has 1 aliphatic heterocycles. The Balaban J connectivity index is 0.000000654. The lowest BCUT2D eigenvalue weighted by atomic mass is 10.0. The molecule has 0 amide bonds.